The Morgan fingerprint density at radius 1 is 1.14 bits per heavy atom. The number of carbonyl (C=O) groups is 1. The summed E-state index contributed by atoms with van der Waals surface area (Å²) < 4.78 is 4.15. The molecule has 1 aliphatic rings. The molecule has 3 aromatic rings. The van der Waals surface area contributed by atoms with Gasteiger partial charge in [0.05, 0.1) is 12.1 Å². The SMILES string of the molecule is CC1CCN(c2ccc3cc(-c4cccnc4)ccc3n2)CC1.CCOC=O. The molecule has 0 radical (unpaired) electrons. The van der Waals surface area contributed by atoms with E-state index in [0.29, 0.717) is 13.1 Å². The van der Waals surface area contributed by atoms with E-state index in [2.05, 4.69) is 57.9 Å². The number of piperidine rings is 1. The van der Waals surface area contributed by atoms with E-state index in [9.17, 15) is 4.79 Å². The summed E-state index contributed by atoms with van der Waals surface area (Å²) in [5, 5.41) is 1.18. The Bertz CT molecular complexity index is 891. The molecule has 1 fully saturated rings. The normalized spacial score (nSPS) is 14.3. The lowest BCUT2D eigenvalue weighted by atomic mass is 9.99. The summed E-state index contributed by atoms with van der Waals surface area (Å²) in [5.74, 6) is 1.95. The summed E-state index contributed by atoms with van der Waals surface area (Å²) in [6.07, 6.45) is 6.23. The number of hydrogen-bond donors (Lipinski definition) is 0. The highest BCUT2D eigenvalue weighted by molar-refractivity contribution is 5.85. The molecule has 3 heterocycles. The minimum Gasteiger partial charge on any atom is -0.468 e. The van der Waals surface area contributed by atoms with Gasteiger partial charge in [-0.15, -0.1) is 0 Å². The third-order valence-electron chi connectivity index (χ3n) is 5.01. The molecular weight excluding hydrogens is 350 g/mol. The van der Waals surface area contributed by atoms with Crippen molar-refractivity contribution < 1.29 is 9.53 Å². The Morgan fingerprint density at radius 3 is 2.61 bits per heavy atom. The predicted molar refractivity (Wildman–Crippen MR) is 113 cm³/mol. The maximum Gasteiger partial charge on any atom is 0.293 e. The van der Waals surface area contributed by atoms with Crippen LogP contribution in [0.2, 0.25) is 0 Å². The summed E-state index contributed by atoms with van der Waals surface area (Å²) in [6.45, 7) is 7.24. The maximum atomic E-state index is 9.18. The molecule has 0 atom stereocenters. The van der Waals surface area contributed by atoms with Crippen LogP contribution < -0.4 is 4.90 Å². The first kappa shape index (κ1) is 19.8. The monoisotopic (exact) mass is 377 g/mol. The van der Waals surface area contributed by atoms with Crippen molar-refractivity contribution in [2.45, 2.75) is 26.7 Å². The fourth-order valence-corrected chi connectivity index (χ4v) is 3.31. The first-order valence-electron chi connectivity index (χ1n) is 9.82. The van der Waals surface area contributed by atoms with Crippen LogP contribution in [0.3, 0.4) is 0 Å². The van der Waals surface area contributed by atoms with E-state index in [4.69, 9.17) is 4.98 Å². The summed E-state index contributed by atoms with van der Waals surface area (Å²) in [7, 11) is 0. The lowest BCUT2D eigenvalue weighted by molar-refractivity contribution is -0.128. The highest BCUT2D eigenvalue weighted by Crippen LogP contribution is 2.26. The van der Waals surface area contributed by atoms with E-state index in [0.717, 1.165) is 35.9 Å². The minimum atomic E-state index is 0.431. The average Bonchev–Trinajstić information content (AvgIpc) is 2.75. The quantitative estimate of drug-likeness (QED) is 0.616. The highest BCUT2D eigenvalue weighted by Gasteiger charge is 2.17. The van der Waals surface area contributed by atoms with Crippen molar-refractivity contribution in [3.63, 3.8) is 0 Å². The molecule has 4 rings (SSSR count). The summed E-state index contributed by atoms with van der Waals surface area (Å²) in [4.78, 5) is 20.7. The van der Waals surface area contributed by atoms with Gasteiger partial charge in [-0.25, -0.2) is 4.98 Å². The van der Waals surface area contributed by atoms with Gasteiger partial charge in [0.15, 0.2) is 0 Å². The van der Waals surface area contributed by atoms with Gasteiger partial charge in [0.25, 0.3) is 6.47 Å². The minimum absolute atomic E-state index is 0.431. The lowest BCUT2D eigenvalue weighted by Gasteiger charge is -2.31. The van der Waals surface area contributed by atoms with Crippen LogP contribution >= 0.6 is 0 Å². The average molecular weight is 377 g/mol. The van der Waals surface area contributed by atoms with Crippen molar-refractivity contribution in [2.75, 3.05) is 24.6 Å². The number of ether oxygens (including phenoxy) is 1. The van der Waals surface area contributed by atoms with Crippen LogP contribution in [-0.2, 0) is 9.53 Å². The summed E-state index contributed by atoms with van der Waals surface area (Å²) in [6, 6.07) is 14.9. The molecule has 0 saturated carbocycles. The second kappa shape index (κ2) is 9.83. The molecular formula is C23H27N3O2. The molecule has 0 bridgehead atoms. The molecule has 2 aromatic heterocycles. The molecule has 146 valence electrons. The number of aromatic nitrogens is 2. The molecule has 5 nitrogen and oxygen atoms in total. The Kier molecular flexibility index (Phi) is 6.95. The fourth-order valence-electron chi connectivity index (χ4n) is 3.31. The second-order valence-electron chi connectivity index (χ2n) is 7.04. The van der Waals surface area contributed by atoms with Crippen molar-refractivity contribution in [1.29, 1.82) is 0 Å². The van der Waals surface area contributed by atoms with Gasteiger partial charge < -0.3 is 9.64 Å². The molecule has 1 aromatic carbocycles. The first-order valence-corrected chi connectivity index (χ1v) is 9.82. The number of hydrogen-bond acceptors (Lipinski definition) is 5. The number of pyridine rings is 2. The Balaban J connectivity index is 0.000000403. The number of benzene rings is 1. The van der Waals surface area contributed by atoms with Crippen LogP contribution in [0, 0.1) is 5.92 Å². The molecule has 1 saturated heterocycles. The van der Waals surface area contributed by atoms with Crippen LogP contribution in [0.1, 0.15) is 26.7 Å². The smallest absolute Gasteiger partial charge is 0.293 e. The van der Waals surface area contributed by atoms with Gasteiger partial charge in [0, 0.05) is 36.4 Å². The van der Waals surface area contributed by atoms with E-state index in [1.54, 1.807) is 13.1 Å². The zero-order valence-corrected chi connectivity index (χ0v) is 16.5. The molecule has 0 unspecified atom stereocenters. The van der Waals surface area contributed by atoms with Crippen molar-refractivity contribution in [1.82, 2.24) is 9.97 Å². The van der Waals surface area contributed by atoms with Gasteiger partial charge in [-0.3, -0.25) is 9.78 Å². The van der Waals surface area contributed by atoms with Crippen LogP contribution in [0.4, 0.5) is 5.82 Å². The fraction of sp³-hybridized carbons (Fsp3) is 0.348. The lowest BCUT2D eigenvalue weighted by Crippen LogP contribution is -2.33. The molecule has 28 heavy (non-hydrogen) atoms. The first-order chi connectivity index (χ1) is 13.7. The molecule has 1 aliphatic heterocycles. The van der Waals surface area contributed by atoms with Crippen LogP contribution in [0.15, 0.2) is 54.9 Å². The number of rotatable bonds is 4. The van der Waals surface area contributed by atoms with Crippen LogP contribution in [0.5, 0.6) is 0 Å². The second-order valence-corrected chi connectivity index (χ2v) is 7.04. The van der Waals surface area contributed by atoms with Gasteiger partial charge in [0.1, 0.15) is 5.82 Å². The Morgan fingerprint density at radius 2 is 1.96 bits per heavy atom. The van der Waals surface area contributed by atoms with Gasteiger partial charge in [0.2, 0.25) is 0 Å². The van der Waals surface area contributed by atoms with Crippen LogP contribution in [0.25, 0.3) is 22.0 Å². The number of nitrogens with zero attached hydrogens (tertiary/aromatic N) is 3. The topological polar surface area (TPSA) is 55.3 Å². The molecule has 0 spiro atoms. The van der Waals surface area contributed by atoms with E-state index < -0.39 is 0 Å². The largest absolute Gasteiger partial charge is 0.468 e. The molecule has 0 amide bonds. The van der Waals surface area contributed by atoms with E-state index in [1.807, 2.05) is 12.3 Å². The molecule has 0 aliphatic carbocycles. The maximum absolute atomic E-state index is 9.18. The molecule has 0 N–H and O–H groups in total. The summed E-state index contributed by atoms with van der Waals surface area (Å²) >= 11 is 0. The van der Waals surface area contributed by atoms with Gasteiger partial charge >= 0.3 is 0 Å². The van der Waals surface area contributed by atoms with E-state index >= 15 is 0 Å². The van der Waals surface area contributed by atoms with Crippen molar-refractivity contribution in [3.05, 3.63) is 54.9 Å². The van der Waals surface area contributed by atoms with Gasteiger partial charge in [-0.1, -0.05) is 19.1 Å². The third-order valence-corrected chi connectivity index (χ3v) is 5.01. The highest BCUT2D eigenvalue weighted by atomic mass is 16.5. The summed E-state index contributed by atoms with van der Waals surface area (Å²) in [5.41, 5.74) is 3.39. The van der Waals surface area contributed by atoms with Crippen molar-refractivity contribution >= 4 is 23.2 Å². The third kappa shape index (κ3) is 5.06. The van der Waals surface area contributed by atoms with E-state index in [-0.39, 0.29) is 0 Å². The zero-order valence-electron chi connectivity index (χ0n) is 16.5. The standard InChI is InChI=1S/C20H21N3.C3H6O2/c1-15-8-11-23(12-9-15)20-7-5-17-13-16(4-6-19(17)22-20)18-3-2-10-21-14-18;1-2-5-3-4/h2-7,10,13-15H,8-9,11-12H2,1H3;3H,2H2,1H3. The Labute approximate surface area is 166 Å². The predicted octanol–water partition coefficient (Wildman–Crippen LogP) is 4.71. The number of carbonyl (C=O) groups excluding carboxylic acids is 1. The van der Waals surface area contributed by atoms with E-state index in [1.165, 1.54) is 23.8 Å². The van der Waals surface area contributed by atoms with Crippen molar-refractivity contribution in [2.24, 2.45) is 5.92 Å². The Hall–Kier alpha value is -2.95. The van der Waals surface area contributed by atoms with Crippen molar-refractivity contribution in [3.8, 4) is 11.1 Å². The number of anilines is 1. The van der Waals surface area contributed by atoms with Gasteiger partial charge in [-0.05, 0) is 61.6 Å². The van der Waals surface area contributed by atoms with Gasteiger partial charge in [-0.2, -0.15) is 0 Å². The zero-order chi connectivity index (χ0) is 19.8. The number of fused-ring (bicyclic) bond motifs is 1. The van der Waals surface area contributed by atoms with Crippen LogP contribution in [-0.4, -0.2) is 36.1 Å². The molecule has 5 heteroatoms.